The molecule has 2 fully saturated rings. The molecule has 0 radical (unpaired) electrons. The Morgan fingerprint density at radius 3 is 2.39 bits per heavy atom. The van der Waals surface area contributed by atoms with Gasteiger partial charge in [0, 0.05) is 10.7 Å². The molecular weight excluding hydrogens is 420 g/mol. The van der Waals surface area contributed by atoms with Crippen LogP contribution in [0.5, 0.6) is 0 Å². The van der Waals surface area contributed by atoms with Crippen LogP contribution in [0.25, 0.3) is 6.08 Å². The van der Waals surface area contributed by atoms with Gasteiger partial charge in [0.2, 0.25) is 11.8 Å². The molecular formula is C22H17BrN2O3. The van der Waals surface area contributed by atoms with Crippen molar-refractivity contribution in [1.29, 1.82) is 0 Å². The first-order valence-electron chi connectivity index (χ1n) is 9.18. The Morgan fingerprint density at radius 1 is 0.964 bits per heavy atom. The fourth-order valence-electron chi connectivity index (χ4n) is 4.89. The number of rotatable bonds is 2. The quantitative estimate of drug-likeness (QED) is 0.675. The number of hydrogen-bond acceptors (Lipinski definition) is 4. The first-order valence-corrected chi connectivity index (χ1v) is 9.97. The lowest BCUT2D eigenvalue weighted by molar-refractivity contribution is -0.129. The monoisotopic (exact) mass is 436 g/mol. The molecule has 2 aromatic rings. The summed E-state index contributed by atoms with van der Waals surface area (Å²) in [6, 6.07) is 14.1. The third-order valence-corrected chi connectivity index (χ3v) is 6.64. The SMILES string of the molecule is CC(=O)[C@@H]1[C@@H]2C(=O)N(c3ccccc3Br)C(=O)[C@@H]2[C@H]2c3ccccc3C=CN12. The summed E-state index contributed by atoms with van der Waals surface area (Å²) >= 11 is 3.45. The second-order valence-electron chi connectivity index (χ2n) is 7.41. The molecule has 3 heterocycles. The van der Waals surface area contributed by atoms with Crippen molar-refractivity contribution in [3.8, 4) is 0 Å². The topological polar surface area (TPSA) is 57.7 Å². The summed E-state index contributed by atoms with van der Waals surface area (Å²) in [5.74, 6) is -1.91. The van der Waals surface area contributed by atoms with Gasteiger partial charge in [0.15, 0.2) is 5.78 Å². The third-order valence-electron chi connectivity index (χ3n) is 5.97. The van der Waals surface area contributed by atoms with Gasteiger partial charge in [0.05, 0.1) is 29.6 Å². The van der Waals surface area contributed by atoms with E-state index in [2.05, 4.69) is 15.9 Å². The van der Waals surface area contributed by atoms with Gasteiger partial charge in [-0.15, -0.1) is 0 Å². The number of anilines is 1. The molecule has 0 N–H and O–H groups in total. The van der Waals surface area contributed by atoms with E-state index in [0.29, 0.717) is 10.2 Å². The number of fused-ring (bicyclic) bond motifs is 5. The predicted octanol–water partition coefficient (Wildman–Crippen LogP) is 3.55. The number of hydrogen-bond donors (Lipinski definition) is 0. The van der Waals surface area contributed by atoms with Crippen molar-refractivity contribution in [3.05, 3.63) is 70.3 Å². The minimum atomic E-state index is -0.682. The Hall–Kier alpha value is -2.73. The Balaban J connectivity index is 1.67. The average molecular weight is 437 g/mol. The standard InChI is InChI=1S/C22H17BrN2O3/c1-12(26)19-17-18(20-14-7-3-2-6-13(14)10-11-24(19)20)22(28)25(21(17)27)16-9-5-4-8-15(16)23/h2-11,17-20H,1H3/t17-,18+,19-,20-/m1/s1. The van der Waals surface area contributed by atoms with E-state index in [4.69, 9.17) is 0 Å². The maximum atomic E-state index is 13.5. The number of Topliss-reactive ketones (excluding diaryl/α,β-unsaturated/α-hetero) is 1. The summed E-state index contributed by atoms with van der Waals surface area (Å²) in [7, 11) is 0. The molecule has 2 aromatic carbocycles. The van der Waals surface area contributed by atoms with Gasteiger partial charge in [-0.05, 0) is 52.2 Å². The molecule has 2 amide bonds. The summed E-state index contributed by atoms with van der Waals surface area (Å²) in [5, 5.41) is 0. The lowest BCUT2D eigenvalue weighted by Crippen LogP contribution is -2.43. The Kier molecular flexibility index (Phi) is 3.81. The highest BCUT2D eigenvalue weighted by Gasteiger charge is 2.64. The maximum Gasteiger partial charge on any atom is 0.240 e. The van der Waals surface area contributed by atoms with E-state index in [9.17, 15) is 14.4 Å². The molecule has 2 saturated heterocycles. The van der Waals surface area contributed by atoms with Crippen LogP contribution in [0.15, 0.2) is 59.2 Å². The van der Waals surface area contributed by atoms with Crippen molar-refractivity contribution in [2.45, 2.75) is 19.0 Å². The first-order chi connectivity index (χ1) is 13.5. The van der Waals surface area contributed by atoms with Gasteiger partial charge < -0.3 is 4.90 Å². The van der Waals surface area contributed by atoms with Crippen LogP contribution >= 0.6 is 15.9 Å². The summed E-state index contributed by atoms with van der Waals surface area (Å²) in [4.78, 5) is 42.6. The van der Waals surface area contributed by atoms with E-state index in [1.807, 2.05) is 47.5 Å². The number of ketones is 1. The second-order valence-corrected chi connectivity index (χ2v) is 8.26. The van der Waals surface area contributed by atoms with Crippen LogP contribution in [0.4, 0.5) is 5.69 Å². The molecule has 4 atom stereocenters. The summed E-state index contributed by atoms with van der Waals surface area (Å²) in [6.07, 6.45) is 3.81. The van der Waals surface area contributed by atoms with Crippen molar-refractivity contribution in [2.75, 3.05) is 4.90 Å². The highest BCUT2D eigenvalue weighted by molar-refractivity contribution is 9.10. The molecule has 28 heavy (non-hydrogen) atoms. The van der Waals surface area contributed by atoms with Crippen LogP contribution < -0.4 is 4.90 Å². The van der Waals surface area contributed by atoms with E-state index in [0.717, 1.165) is 11.1 Å². The fraction of sp³-hybridized carbons (Fsp3) is 0.227. The maximum absolute atomic E-state index is 13.5. The van der Waals surface area contributed by atoms with Crippen molar-refractivity contribution >= 4 is 45.3 Å². The van der Waals surface area contributed by atoms with Crippen molar-refractivity contribution < 1.29 is 14.4 Å². The molecule has 3 aliphatic rings. The van der Waals surface area contributed by atoms with Crippen molar-refractivity contribution in [1.82, 2.24) is 4.90 Å². The van der Waals surface area contributed by atoms with Crippen LogP contribution in [0, 0.1) is 11.8 Å². The Labute approximate surface area is 170 Å². The Bertz CT molecular complexity index is 1060. The molecule has 3 aliphatic heterocycles. The van der Waals surface area contributed by atoms with E-state index in [-0.39, 0.29) is 23.6 Å². The number of halogens is 1. The van der Waals surface area contributed by atoms with Gasteiger partial charge in [-0.2, -0.15) is 0 Å². The van der Waals surface area contributed by atoms with Gasteiger partial charge in [0.1, 0.15) is 0 Å². The van der Waals surface area contributed by atoms with Crippen LogP contribution in [0.2, 0.25) is 0 Å². The van der Waals surface area contributed by atoms with E-state index < -0.39 is 17.9 Å². The van der Waals surface area contributed by atoms with E-state index >= 15 is 0 Å². The van der Waals surface area contributed by atoms with Gasteiger partial charge in [-0.3, -0.25) is 14.4 Å². The number of imide groups is 1. The first kappa shape index (κ1) is 17.4. The van der Waals surface area contributed by atoms with Crippen molar-refractivity contribution in [3.63, 3.8) is 0 Å². The second kappa shape index (κ2) is 6.14. The molecule has 0 unspecified atom stereocenters. The lowest BCUT2D eigenvalue weighted by atomic mass is 9.84. The number of carbonyl (C=O) groups excluding carboxylic acids is 3. The van der Waals surface area contributed by atoms with Crippen LogP contribution in [-0.4, -0.2) is 28.5 Å². The largest absolute Gasteiger partial charge is 0.359 e. The number of amides is 2. The summed E-state index contributed by atoms with van der Waals surface area (Å²) in [5.41, 5.74) is 2.53. The molecule has 5 rings (SSSR count). The smallest absolute Gasteiger partial charge is 0.240 e. The average Bonchev–Trinajstić information content (AvgIpc) is 3.16. The molecule has 6 heteroatoms. The Morgan fingerprint density at radius 2 is 1.64 bits per heavy atom. The molecule has 0 bridgehead atoms. The van der Waals surface area contributed by atoms with Gasteiger partial charge in [-0.25, -0.2) is 4.90 Å². The fourth-order valence-corrected chi connectivity index (χ4v) is 5.35. The predicted molar refractivity (Wildman–Crippen MR) is 108 cm³/mol. The zero-order chi connectivity index (χ0) is 19.6. The minimum Gasteiger partial charge on any atom is -0.359 e. The van der Waals surface area contributed by atoms with E-state index in [1.165, 1.54) is 11.8 Å². The minimum absolute atomic E-state index is 0.100. The molecule has 0 aromatic heterocycles. The molecule has 0 saturated carbocycles. The molecule has 140 valence electrons. The van der Waals surface area contributed by atoms with Crippen LogP contribution in [0.1, 0.15) is 24.1 Å². The lowest BCUT2D eigenvalue weighted by Gasteiger charge is -2.35. The van der Waals surface area contributed by atoms with Crippen LogP contribution in [-0.2, 0) is 14.4 Å². The zero-order valence-electron chi connectivity index (χ0n) is 15.1. The molecule has 5 nitrogen and oxygen atoms in total. The zero-order valence-corrected chi connectivity index (χ0v) is 16.7. The highest BCUT2D eigenvalue weighted by atomic mass is 79.9. The van der Waals surface area contributed by atoms with E-state index in [1.54, 1.807) is 18.2 Å². The summed E-state index contributed by atoms with van der Waals surface area (Å²) < 4.78 is 0.678. The van der Waals surface area contributed by atoms with Crippen molar-refractivity contribution in [2.24, 2.45) is 11.8 Å². The highest BCUT2D eigenvalue weighted by Crippen LogP contribution is 2.53. The third kappa shape index (κ3) is 2.21. The number of carbonyl (C=O) groups is 3. The summed E-state index contributed by atoms with van der Waals surface area (Å²) in [6.45, 7) is 1.50. The number of nitrogens with zero attached hydrogens (tertiary/aromatic N) is 2. The van der Waals surface area contributed by atoms with Gasteiger partial charge in [-0.1, -0.05) is 36.4 Å². The van der Waals surface area contributed by atoms with Gasteiger partial charge >= 0.3 is 0 Å². The van der Waals surface area contributed by atoms with Crippen LogP contribution in [0.3, 0.4) is 0 Å². The molecule has 0 spiro atoms. The number of para-hydroxylation sites is 1. The normalized spacial score (nSPS) is 27.6. The van der Waals surface area contributed by atoms with Gasteiger partial charge in [0.25, 0.3) is 0 Å². The molecule has 0 aliphatic carbocycles. The number of benzene rings is 2.